The van der Waals surface area contributed by atoms with Gasteiger partial charge in [-0.05, 0) is 24.3 Å². The number of benzene rings is 2. The molecule has 0 spiro atoms. The van der Waals surface area contributed by atoms with Crippen LogP contribution in [0.25, 0.3) is 0 Å². The first-order chi connectivity index (χ1) is 13.5. The van der Waals surface area contributed by atoms with E-state index in [0.29, 0.717) is 48.4 Å². The van der Waals surface area contributed by atoms with E-state index in [1.54, 1.807) is 36.4 Å². The predicted molar refractivity (Wildman–Crippen MR) is 104 cm³/mol. The van der Waals surface area contributed by atoms with E-state index in [4.69, 9.17) is 21.2 Å². The zero-order valence-electron chi connectivity index (χ0n) is 14.7. The SMILES string of the molecule is O=C(Nc1ccc(Cl)cc1)O/N=C(\c1cccc([N+](=O)[O-])c1)N1CCOCC1. The summed E-state index contributed by atoms with van der Waals surface area (Å²) in [6, 6.07) is 12.5. The maximum Gasteiger partial charge on any atom is 0.437 e. The number of nitro groups is 1. The summed E-state index contributed by atoms with van der Waals surface area (Å²) in [5, 5.41) is 18.1. The summed E-state index contributed by atoms with van der Waals surface area (Å²) in [5.74, 6) is 0.318. The summed E-state index contributed by atoms with van der Waals surface area (Å²) in [6.45, 7) is 1.99. The largest absolute Gasteiger partial charge is 0.437 e. The number of carbonyl (C=O) groups is 1. The van der Waals surface area contributed by atoms with E-state index < -0.39 is 11.0 Å². The molecule has 28 heavy (non-hydrogen) atoms. The van der Waals surface area contributed by atoms with E-state index in [9.17, 15) is 14.9 Å². The monoisotopic (exact) mass is 404 g/mol. The molecule has 0 bridgehead atoms. The van der Waals surface area contributed by atoms with Crippen LogP contribution in [0.2, 0.25) is 5.02 Å². The van der Waals surface area contributed by atoms with Gasteiger partial charge in [0, 0.05) is 41.5 Å². The quantitative estimate of drug-likeness (QED) is 0.275. The number of ether oxygens (including phenoxy) is 1. The number of hydrogen-bond acceptors (Lipinski definition) is 6. The third-order valence-corrected chi connectivity index (χ3v) is 4.18. The van der Waals surface area contributed by atoms with Gasteiger partial charge in [0.2, 0.25) is 0 Å². The second-order valence-electron chi connectivity index (χ2n) is 5.83. The van der Waals surface area contributed by atoms with Gasteiger partial charge >= 0.3 is 6.09 Å². The maximum absolute atomic E-state index is 12.1. The topological polar surface area (TPSA) is 106 Å². The molecule has 0 unspecified atom stereocenters. The van der Waals surface area contributed by atoms with Gasteiger partial charge in [0.15, 0.2) is 5.84 Å². The van der Waals surface area contributed by atoms with Crippen molar-refractivity contribution in [1.82, 2.24) is 4.90 Å². The van der Waals surface area contributed by atoms with Crippen LogP contribution in [0.15, 0.2) is 53.7 Å². The lowest BCUT2D eigenvalue weighted by molar-refractivity contribution is -0.384. The molecule has 9 nitrogen and oxygen atoms in total. The predicted octanol–water partition coefficient (Wildman–Crippen LogP) is 3.49. The number of oxime groups is 1. The maximum atomic E-state index is 12.1. The van der Waals surface area contributed by atoms with Gasteiger partial charge < -0.3 is 9.64 Å². The van der Waals surface area contributed by atoms with Crippen molar-refractivity contribution in [2.45, 2.75) is 0 Å². The van der Waals surface area contributed by atoms with Crippen LogP contribution in [0.3, 0.4) is 0 Å². The number of morpholine rings is 1. The van der Waals surface area contributed by atoms with E-state index in [1.807, 2.05) is 4.90 Å². The van der Waals surface area contributed by atoms with E-state index in [-0.39, 0.29) is 5.69 Å². The van der Waals surface area contributed by atoms with Gasteiger partial charge in [-0.2, -0.15) is 0 Å². The van der Waals surface area contributed by atoms with Crippen LogP contribution < -0.4 is 5.32 Å². The third-order valence-electron chi connectivity index (χ3n) is 3.93. The first-order valence-electron chi connectivity index (χ1n) is 8.42. The number of halogens is 1. The fraction of sp³-hybridized carbons (Fsp3) is 0.222. The minimum absolute atomic E-state index is 0.0796. The van der Waals surface area contributed by atoms with Gasteiger partial charge in [0.1, 0.15) is 0 Å². The number of amides is 1. The van der Waals surface area contributed by atoms with Crippen LogP contribution in [-0.4, -0.2) is 48.1 Å². The van der Waals surface area contributed by atoms with Crippen LogP contribution in [0.5, 0.6) is 0 Å². The second kappa shape index (κ2) is 9.16. The van der Waals surface area contributed by atoms with Gasteiger partial charge in [0.05, 0.1) is 18.1 Å². The molecule has 1 N–H and O–H groups in total. The Bertz CT molecular complexity index is 882. The summed E-state index contributed by atoms with van der Waals surface area (Å²) < 4.78 is 5.33. The van der Waals surface area contributed by atoms with Crippen molar-refractivity contribution in [3.63, 3.8) is 0 Å². The van der Waals surface area contributed by atoms with Crippen LogP contribution in [0, 0.1) is 10.1 Å². The highest BCUT2D eigenvalue weighted by molar-refractivity contribution is 6.30. The van der Waals surface area contributed by atoms with Crippen molar-refractivity contribution >= 4 is 34.9 Å². The van der Waals surface area contributed by atoms with Crippen molar-refractivity contribution in [2.75, 3.05) is 31.6 Å². The molecule has 1 amide bonds. The van der Waals surface area contributed by atoms with Crippen molar-refractivity contribution in [3.05, 3.63) is 69.2 Å². The fourth-order valence-electron chi connectivity index (χ4n) is 2.59. The molecule has 1 heterocycles. The molecule has 2 aromatic rings. The Hall–Kier alpha value is -3.17. The minimum atomic E-state index is -0.793. The number of hydrogen-bond donors (Lipinski definition) is 1. The average molecular weight is 405 g/mol. The zero-order valence-corrected chi connectivity index (χ0v) is 15.5. The lowest BCUT2D eigenvalue weighted by Crippen LogP contribution is -2.41. The average Bonchev–Trinajstić information content (AvgIpc) is 2.71. The number of carbonyl (C=O) groups excluding carboxylic acids is 1. The number of amidine groups is 1. The molecule has 2 aromatic carbocycles. The van der Waals surface area contributed by atoms with Gasteiger partial charge in [-0.15, -0.1) is 0 Å². The summed E-state index contributed by atoms with van der Waals surface area (Å²) in [6.07, 6.45) is -0.793. The highest BCUT2D eigenvalue weighted by Gasteiger charge is 2.20. The molecule has 3 rings (SSSR count). The number of non-ortho nitro benzene ring substituents is 1. The molecule has 146 valence electrons. The van der Waals surface area contributed by atoms with Crippen molar-refractivity contribution in [2.24, 2.45) is 5.16 Å². The molecular formula is C18H17ClN4O5. The summed E-state index contributed by atoms with van der Waals surface area (Å²) >= 11 is 5.81. The van der Waals surface area contributed by atoms with Crippen LogP contribution in [0.1, 0.15) is 5.56 Å². The highest BCUT2D eigenvalue weighted by atomic mass is 35.5. The Labute approximate surface area is 165 Å². The van der Waals surface area contributed by atoms with E-state index >= 15 is 0 Å². The number of nitrogens with zero attached hydrogens (tertiary/aromatic N) is 3. The van der Waals surface area contributed by atoms with Crippen molar-refractivity contribution < 1.29 is 19.3 Å². The van der Waals surface area contributed by atoms with E-state index in [1.165, 1.54) is 12.1 Å². The summed E-state index contributed by atoms with van der Waals surface area (Å²) in [4.78, 5) is 29.5. The molecular weight excluding hydrogens is 388 g/mol. The third kappa shape index (κ3) is 5.18. The number of nitrogens with one attached hydrogen (secondary N) is 1. The van der Waals surface area contributed by atoms with Crippen molar-refractivity contribution in [3.8, 4) is 0 Å². The zero-order chi connectivity index (χ0) is 19.9. The molecule has 1 saturated heterocycles. The summed E-state index contributed by atoms with van der Waals surface area (Å²) in [5.41, 5.74) is 0.882. The Balaban J connectivity index is 1.79. The Morgan fingerprint density at radius 2 is 1.93 bits per heavy atom. The van der Waals surface area contributed by atoms with Crippen molar-refractivity contribution in [1.29, 1.82) is 0 Å². The molecule has 0 radical (unpaired) electrons. The molecule has 0 aromatic heterocycles. The van der Waals surface area contributed by atoms with Crippen LogP contribution in [-0.2, 0) is 9.57 Å². The van der Waals surface area contributed by atoms with Crippen LogP contribution >= 0.6 is 11.6 Å². The van der Waals surface area contributed by atoms with E-state index in [2.05, 4.69) is 10.5 Å². The molecule has 1 fully saturated rings. The highest BCUT2D eigenvalue weighted by Crippen LogP contribution is 2.17. The lowest BCUT2D eigenvalue weighted by Gasteiger charge is -2.29. The molecule has 1 aliphatic heterocycles. The lowest BCUT2D eigenvalue weighted by atomic mass is 10.1. The minimum Gasteiger partial charge on any atom is -0.378 e. The normalized spacial score (nSPS) is 14.5. The van der Waals surface area contributed by atoms with Gasteiger partial charge in [0.25, 0.3) is 5.69 Å². The molecule has 0 aliphatic carbocycles. The Kier molecular flexibility index (Phi) is 6.41. The molecule has 1 aliphatic rings. The molecule has 0 saturated carbocycles. The Morgan fingerprint density at radius 1 is 1.21 bits per heavy atom. The first-order valence-corrected chi connectivity index (χ1v) is 8.80. The van der Waals surface area contributed by atoms with Gasteiger partial charge in [-0.25, -0.2) is 4.79 Å². The number of anilines is 1. The number of rotatable bonds is 4. The Morgan fingerprint density at radius 3 is 2.61 bits per heavy atom. The standard InChI is InChI=1S/C18H17ClN4O5/c19-14-4-6-15(7-5-14)20-18(24)28-21-17(22-8-10-27-11-9-22)13-2-1-3-16(12-13)23(25)26/h1-7,12H,8-11H2,(H,20,24)/b21-17+. The first kappa shape index (κ1) is 19.6. The van der Waals surface area contributed by atoms with E-state index in [0.717, 1.165) is 0 Å². The molecule has 0 atom stereocenters. The fourth-order valence-corrected chi connectivity index (χ4v) is 2.71. The van der Waals surface area contributed by atoms with Gasteiger partial charge in [-0.1, -0.05) is 28.9 Å². The second-order valence-corrected chi connectivity index (χ2v) is 6.27. The smallest absolute Gasteiger partial charge is 0.378 e. The van der Waals surface area contributed by atoms with Crippen LogP contribution in [0.4, 0.5) is 16.2 Å². The summed E-state index contributed by atoms with van der Waals surface area (Å²) in [7, 11) is 0. The van der Waals surface area contributed by atoms with Gasteiger partial charge in [-0.3, -0.25) is 20.3 Å². The number of nitro benzene ring substituents is 1. The molecule has 10 heteroatoms.